The highest BCUT2D eigenvalue weighted by molar-refractivity contribution is 6.19. The van der Waals surface area contributed by atoms with Crippen LogP contribution < -0.4 is 9.47 Å². The molecule has 8 aromatic carbocycles. The second-order valence-electron chi connectivity index (χ2n) is 13.7. The number of carboxylic acids is 2. The lowest BCUT2D eigenvalue weighted by Gasteiger charge is -2.18. The Bertz CT molecular complexity index is 2680. The normalized spacial score (nSPS) is 10.9. The Hall–Kier alpha value is -8.04. The van der Waals surface area contributed by atoms with Crippen molar-refractivity contribution in [1.29, 1.82) is 0 Å². The molecular formula is C50H34O9. The van der Waals surface area contributed by atoms with E-state index in [1.165, 1.54) is 12.1 Å². The topological polar surface area (TPSA) is 136 Å². The first-order valence-corrected chi connectivity index (χ1v) is 18.6. The Labute approximate surface area is 338 Å². The highest BCUT2D eigenvalue weighted by Gasteiger charge is 2.30. The zero-order valence-electron chi connectivity index (χ0n) is 31.3. The summed E-state index contributed by atoms with van der Waals surface area (Å²) < 4.78 is 17.6. The summed E-state index contributed by atoms with van der Waals surface area (Å²) in [6, 6.07) is 49.5. The average Bonchev–Trinajstić information content (AvgIpc) is 3.27. The van der Waals surface area contributed by atoms with Gasteiger partial charge in [0.2, 0.25) is 0 Å². The fourth-order valence-electron chi connectivity index (χ4n) is 7.20. The van der Waals surface area contributed by atoms with Crippen molar-refractivity contribution in [3.8, 4) is 33.8 Å². The quantitative estimate of drug-likeness (QED) is 0.0917. The van der Waals surface area contributed by atoms with Gasteiger partial charge in [-0.25, -0.2) is 19.2 Å². The minimum Gasteiger partial charge on any atom is -0.489 e. The van der Waals surface area contributed by atoms with E-state index in [1.54, 1.807) is 97.1 Å². The molecule has 0 spiro atoms. The number of carbonyl (C=O) groups excluding carboxylic acids is 2. The Morgan fingerprint density at radius 1 is 0.424 bits per heavy atom. The second-order valence-corrected chi connectivity index (χ2v) is 13.7. The molecule has 0 amide bonds. The maximum absolute atomic E-state index is 14.2. The molecule has 59 heavy (non-hydrogen) atoms. The molecule has 0 radical (unpaired) electrons. The van der Waals surface area contributed by atoms with E-state index in [1.807, 2.05) is 60.7 Å². The third kappa shape index (κ3) is 7.99. The SMILES string of the molecule is O=C(OC(=O)c1cc2cc(OCc3ccccc3)ccc2c(-c2ccccc2)c1C(=O)O)c1cc2cc(OCc3ccccc3)ccc2c(-c2ccccc2)c1C(=O)O. The minimum absolute atomic E-state index is 0.232. The largest absolute Gasteiger partial charge is 0.489 e. The number of benzene rings is 8. The van der Waals surface area contributed by atoms with E-state index in [2.05, 4.69) is 0 Å². The number of hydrogen-bond donors (Lipinski definition) is 2. The second kappa shape index (κ2) is 16.6. The molecule has 0 bridgehead atoms. The number of carboxylic acid groups (broad SMARTS) is 2. The molecule has 0 saturated heterocycles. The molecule has 0 unspecified atom stereocenters. The highest BCUT2D eigenvalue weighted by atomic mass is 16.6. The highest BCUT2D eigenvalue weighted by Crippen LogP contribution is 2.39. The van der Waals surface area contributed by atoms with Crippen molar-refractivity contribution in [2.75, 3.05) is 0 Å². The van der Waals surface area contributed by atoms with Gasteiger partial charge in [0.05, 0.1) is 22.3 Å². The number of rotatable bonds is 12. The average molecular weight is 779 g/mol. The van der Waals surface area contributed by atoms with Crippen LogP contribution in [0.15, 0.2) is 170 Å². The molecular weight excluding hydrogens is 745 g/mol. The van der Waals surface area contributed by atoms with Crippen LogP contribution in [0.2, 0.25) is 0 Å². The Morgan fingerprint density at radius 2 is 0.780 bits per heavy atom. The Kier molecular flexibility index (Phi) is 10.6. The van der Waals surface area contributed by atoms with Crippen LogP contribution in [-0.4, -0.2) is 34.1 Å². The monoisotopic (exact) mass is 778 g/mol. The lowest BCUT2D eigenvalue weighted by atomic mass is 9.89. The van der Waals surface area contributed by atoms with Crippen molar-refractivity contribution in [2.24, 2.45) is 0 Å². The molecule has 288 valence electrons. The zero-order valence-corrected chi connectivity index (χ0v) is 31.3. The molecule has 0 heterocycles. The number of fused-ring (bicyclic) bond motifs is 2. The molecule has 2 N–H and O–H groups in total. The molecule has 0 atom stereocenters. The molecule has 0 fully saturated rings. The molecule has 0 saturated carbocycles. The van der Waals surface area contributed by atoms with E-state index in [0.29, 0.717) is 44.2 Å². The number of hydrogen-bond acceptors (Lipinski definition) is 7. The van der Waals surface area contributed by atoms with Crippen LogP contribution in [0, 0.1) is 0 Å². The first kappa shape index (κ1) is 37.9. The van der Waals surface area contributed by atoms with Crippen LogP contribution >= 0.6 is 0 Å². The summed E-state index contributed by atoms with van der Waals surface area (Å²) in [5.41, 5.74) is 1.76. The molecule has 0 aromatic heterocycles. The van der Waals surface area contributed by atoms with E-state index < -0.39 is 35.0 Å². The van der Waals surface area contributed by atoms with E-state index in [9.17, 15) is 29.4 Å². The lowest BCUT2D eigenvalue weighted by molar-refractivity contribution is 0.0387. The summed E-state index contributed by atoms with van der Waals surface area (Å²) in [5, 5.41) is 23.3. The molecule has 0 aliphatic carbocycles. The van der Waals surface area contributed by atoms with Gasteiger partial charge in [-0.1, -0.05) is 133 Å². The van der Waals surface area contributed by atoms with E-state index in [0.717, 1.165) is 11.1 Å². The van der Waals surface area contributed by atoms with Crippen LogP contribution in [0.4, 0.5) is 0 Å². The van der Waals surface area contributed by atoms with Crippen molar-refractivity contribution >= 4 is 45.4 Å². The van der Waals surface area contributed by atoms with Crippen LogP contribution in [0.5, 0.6) is 11.5 Å². The summed E-state index contributed by atoms with van der Waals surface area (Å²) in [6.45, 7) is 0.523. The zero-order chi connectivity index (χ0) is 40.9. The standard InChI is InChI=1S/C50H34O9/c51-47(52)45-41(27-35-25-37(57-29-31-13-5-1-6-14-31)21-23-39(35)43(45)33-17-9-3-10-18-33)49(55)59-50(56)42-28-36-26-38(58-30-32-15-7-2-8-16-32)22-24-40(36)44(46(42)48(53)54)34-19-11-4-12-20-34/h1-28H,29-30H2,(H,51,52)(H,53,54). The van der Waals surface area contributed by atoms with Gasteiger partial charge in [0.1, 0.15) is 24.7 Å². The number of carbonyl (C=O) groups is 4. The predicted molar refractivity (Wildman–Crippen MR) is 224 cm³/mol. The van der Waals surface area contributed by atoms with Gasteiger partial charge in [-0.2, -0.15) is 0 Å². The first-order valence-electron chi connectivity index (χ1n) is 18.6. The molecule has 9 nitrogen and oxygen atoms in total. The van der Waals surface area contributed by atoms with Crippen molar-refractivity contribution < 1.29 is 43.6 Å². The Balaban J connectivity index is 1.23. The van der Waals surface area contributed by atoms with Gasteiger partial charge in [-0.15, -0.1) is 0 Å². The lowest BCUT2D eigenvalue weighted by Crippen LogP contribution is -2.20. The van der Waals surface area contributed by atoms with Gasteiger partial charge in [0, 0.05) is 11.1 Å². The molecule has 0 aliphatic rings. The van der Waals surface area contributed by atoms with Crippen molar-refractivity contribution in [3.63, 3.8) is 0 Å². The summed E-state index contributed by atoms with van der Waals surface area (Å²) in [4.78, 5) is 54.7. The van der Waals surface area contributed by atoms with Gasteiger partial charge < -0.3 is 24.4 Å². The first-order chi connectivity index (χ1) is 28.7. The van der Waals surface area contributed by atoms with E-state index >= 15 is 0 Å². The maximum atomic E-state index is 14.2. The third-order valence-corrected chi connectivity index (χ3v) is 9.90. The fourth-order valence-corrected chi connectivity index (χ4v) is 7.20. The van der Waals surface area contributed by atoms with Gasteiger partial charge in [-0.05, 0) is 80.2 Å². The van der Waals surface area contributed by atoms with Gasteiger partial charge in [0.25, 0.3) is 0 Å². The molecule has 9 heteroatoms. The number of ether oxygens (including phenoxy) is 3. The summed E-state index contributed by atoms with van der Waals surface area (Å²) in [7, 11) is 0. The van der Waals surface area contributed by atoms with Gasteiger partial charge in [0.15, 0.2) is 0 Å². The molecule has 8 rings (SSSR count). The minimum atomic E-state index is -1.43. The van der Waals surface area contributed by atoms with E-state index in [-0.39, 0.29) is 35.5 Å². The van der Waals surface area contributed by atoms with Crippen molar-refractivity contribution in [2.45, 2.75) is 13.2 Å². The summed E-state index contributed by atoms with van der Waals surface area (Å²) in [5.74, 6) is -4.50. The molecule has 8 aromatic rings. The molecule has 0 aliphatic heterocycles. The summed E-state index contributed by atoms with van der Waals surface area (Å²) >= 11 is 0. The maximum Gasteiger partial charge on any atom is 0.346 e. The van der Waals surface area contributed by atoms with E-state index in [4.69, 9.17) is 14.2 Å². The third-order valence-electron chi connectivity index (χ3n) is 9.90. The van der Waals surface area contributed by atoms with Gasteiger partial charge in [-0.3, -0.25) is 0 Å². The number of esters is 2. The number of aromatic carboxylic acids is 2. The van der Waals surface area contributed by atoms with Crippen LogP contribution in [0.3, 0.4) is 0 Å². The van der Waals surface area contributed by atoms with Gasteiger partial charge >= 0.3 is 23.9 Å². The summed E-state index contributed by atoms with van der Waals surface area (Å²) in [6.07, 6.45) is 0. The van der Waals surface area contributed by atoms with Crippen molar-refractivity contribution in [1.82, 2.24) is 0 Å². The van der Waals surface area contributed by atoms with Crippen molar-refractivity contribution in [3.05, 3.63) is 203 Å². The van der Waals surface area contributed by atoms with Crippen LogP contribution in [0.25, 0.3) is 43.8 Å². The Morgan fingerprint density at radius 3 is 1.14 bits per heavy atom. The predicted octanol–water partition coefficient (Wildman–Crippen LogP) is 10.9. The van der Waals surface area contributed by atoms with Crippen LogP contribution in [0.1, 0.15) is 52.6 Å². The van der Waals surface area contributed by atoms with Crippen LogP contribution in [-0.2, 0) is 18.0 Å². The smallest absolute Gasteiger partial charge is 0.346 e. The fraction of sp³-hybridized carbons (Fsp3) is 0.0400.